The van der Waals surface area contributed by atoms with E-state index in [1.165, 1.54) is 0 Å². The minimum absolute atomic E-state index is 0.154. The highest BCUT2D eigenvalue weighted by molar-refractivity contribution is 6.31. The molecule has 0 aliphatic rings. The zero-order valence-corrected chi connectivity index (χ0v) is 14.9. The van der Waals surface area contributed by atoms with E-state index >= 15 is 0 Å². The van der Waals surface area contributed by atoms with E-state index in [0.29, 0.717) is 27.5 Å². The standard InChI is InChI=1S/C18H15Cl2N3O2/c1-2-23-15-7-6-13(20)9-14(15)17(24)16(22-23)18(25)21-10-11-4-3-5-12(19)8-11/h3-9H,2,10H2,1H3,(H,21,25). The molecular weight excluding hydrogens is 361 g/mol. The van der Waals surface area contributed by atoms with E-state index < -0.39 is 11.3 Å². The highest BCUT2D eigenvalue weighted by Crippen LogP contribution is 2.16. The second-order valence-electron chi connectivity index (χ2n) is 5.47. The summed E-state index contributed by atoms with van der Waals surface area (Å²) in [6, 6.07) is 12.1. The van der Waals surface area contributed by atoms with Gasteiger partial charge in [0.1, 0.15) is 0 Å². The molecule has 5 nitrogen and oxygen atoms in total. The molecule has 1 aromatic heterocycles. The first kappa shape index (κ1) is 17.5. The predicted octanol–water partition coefficient (Wildman–Crippen LogP) is 3.65. The molecule has 0 unspecified atom stereocenters. The summed E-state index contributed by atoms with van der Waals surface area (Å²) in [5, 5.41) is 8.30. The maximum Gasteiger partial charge on any atom is 0.276 e. The minimum Gasteiger partial charge on any atom is -0.346 e. The molecule has 1 N–H and O–H groups in total. The summed E-state index contributed by atoms with van der Waals surface area (Å²) in [6.07, 6.45) is 0. The Labute approximate surface area is 154 Å². The Bertz CT molecular complexity index is 1010. The van der Waals surface area contributed by atoms with Gasteiger partial charge in [0.2, 0.25) is 5.43 Å². The summed E-state index contributed by atoms with van der Waals surface area (Å²) in [5.74, 6) is -0.533. The minimum atomic E-state index is -0.533. The molecule has 3 rings (SSSR count). The zero-order chi connectivity index (χ0) is 18.0. The molecule has 0 aliphatic heterocycles. The highest BCUT2D eigenvalue weighted by atomic mass is 35.5. The van der Waals surface area contributed by atoms with E-state index in [2.05, 4.69) is 10.4 Å². The smallest absolute Gasteiger partial charge is 0.276 e. The Hall–Kier alpha value is -2.37. The fourth-order valence-corrected chi connectivity index (χ4v) is 2.95. The molecule has 0 saturated carbocycles. The SMILES string of the molecule is CCn1nc(C(=O)NCc2cccc(Cl)c2)c(=O)c2cc(Cl)ccc21. The molecule has 1 heterocycles. The predicted molar refractivity (Wildman–Crippen MR) is 99.3 cm³/mol. The van der Waals surface area contributed by atoms with Crippen molar-refractivity contribution in [3.8, 4) is 0 Å². The second-order valence-corrected chi connectivity index (χ2v) is 6.34. The summed E-state index contributed by atoms with van der Waals surface area (Å²) in [5.41, 5.74) is 0.883. The summed E-state index contributed by atoms with van der Waals surface area (Å²) in [7, 11) is 0. The van der Waals surface area contributed by atoms with E-state index in [1.54, 1.807) is 41.1 Å². The molecule has 0 atom stereocenters. The lowest BCUT2D eigenvalue weighted by molar-refractivity contribution is 0.0942. The third kappa shape index (κ3) is 3.67. The van der Waals surface area contributed by atoms with Gasteiger partial charge in [-0.05, 0) is 42.8 Å². The number of hydrogen-bond acceptors (Lipinski definition) is 3. The van der Waals surface area contributed by atoms with Crippen LogP contribution in [0.1, 0.15) is 23.0 Å². The van der Waals surface area contributed by atoms with Gasteiger partial charge in [-0.2, -0.15) is 5.10 Å². The lowest BCUT2D eigenvalue weighted by Crippen LogP contribution is -2.31. The molecule has 128 valence electrons. The van der Waals surface area contributed by atoms with Gasteiger partial charge in [0.15, 0.2) is 5.69 Å². The van der Waals surface area contributed by atoms with Crippen molar-refractivity contribution in [1.29, 1.82) is 0 Å². The van der Waals surface area contributed by atoms with Gasteiger partial charge in [-0.15, -0.1) is 0 Å². The lowest BCUT2D eigenvalue weighted by Gasteiger charge is -2.11. The molecule has 0 bridgehead atoms. The number of carbonyl (C=O) groups excluding carboxylic acids is 1. The van der Waals surface area contributed by atoms with Crippen LogP contribution in [-0.4, -0.2) is 15.7 Å². The molecule has 0 aliphatic carbocycles. The first-order valence-electron chi connectivity index (χ1n) is 7.72. The Morgan fingerprint density at radius 2 is 1.92 bits per heavy atom. The van der Waals surface area contributed by atoms with Gasteiger partial charge in [-0.25, -0.2) is 0 Å². The van der Waals surface area contributed by atoms with Crippen molar-refractivity contribution in [2.45, 2.75) is 20.0 Å². The summed E-state index contributed by atoms with van der Waals surface area (Å²) in [6.45, 7) is 2.66. The normalized spacial score (nSPS) is 10.8. The van der Waals surface area contributed by atoms with Gasteiger partial charge < -0.3 is 5.32 Å². The van der Waals surface area contributed by atoms with Crippen LogP contribution >= 0.6 is 23.2 Å². The van der Waals surface area contributed by atoms with Crippen molar-refractivity contribution in [2.24, 2.45) is 0 Å². The van der Waals surface area contributed by atoms with Gasteiger partial charge in [-0.1, -0.05) is 35.3 Å². The molecule has 0 saturated heterocycles. The van der Waals surface area contributed by atoms with Crippen molar-refractivity contribution < 1.29 is 4.79 Å². The van der Waals surface area contributed by atoms with Crippen LogP contribution in [0.2, 0.25) is 10.0 Å². The topological polar surface area (TPSA) is 64.0 Å². The third-order valence-corrected chi connectivity index (χ3v) is 4.24. The van der Waals surface area contributed by atoms with E-state index in [-0.39, 0.29) is 12.2 Å². The average molecular weight is 376 g/mol. The number of amides is 1. The van der Waals surface area contributed by atoms with Crippen LogP contribution in [0.15, 0.2) is 47.3 Å². The van der Waals surface area contributed by atoms with Crippen molar-refractivity contribution in [1.82, 2.24) is 15.1 Å². The lowest BCUT2D eigenvalue weighted by atomic mass is 10.2. The molecule has 0 radical (unpaired) electrons. The van der Waals surface area contributed by atoms with E-state index in [4.69, 9.17) is 23.2 Å². The molecule has 0 spiro atoms. The van der Waals surface area contributed by atoms with Crippen LogP contribution in [0.5, 0.6) is 0 Å². The number of rotatable bonds is 4. The van der Waals surface area contributed by atoms with Crippen LogP contribution < -0.4 is 10.7 Å². The Morgan fingerprint density at radius 3 is 2.64 bits per heavy atom. The van der Waals surface area contributed by atoms with Gasteiger partial charge >= 0.3 is 0 Å². The fraction of sp³-hybridized carbons (Fsp3) is 0.167. The Morgan fingerprint density at radius 1 is 1.16 bits per heavy atom. The Balaban J connectivity index is 1.96. The number of aromatic nitrogens is 2. The van der Waals surface area contributed by atoms with Crippen LogP contribution in [-0.2, 0) is 13.1 Å². The van der Waals surface area contributed by atoms with Crippen LogP contribution in [0.4, 0.5) is 0 Å². The van der Waals surface area contributed by atoms with Gasteiger partial charge in [0, 0.05) is 23.1 Å². The second kappa shape index (κ2) is 7.25. The molecule has 0 fully saturated rings. The third-order valence-electron chi connectivity index (χ3n) is 3.77. The first-order valence-corrected chi connectivity index (χ1v) is 8.48. The largest absolute Gasteiger partial charge is 0.346 e. The monoisotopic (exact) mass is 375 g/mol. The molecule has 2 aromatic carbocycles. The maximum absolute atomic E-state index is 12.6. The van der Waals surface area contributed by atoms with Crippen molar-refractivity contribution >= 4 is 40.0 Å². The van der Waals surface area contributed by atoms with Crippen LogP contribution in [0, 0.1) is 0 Å². The highest BCUT2D eigenvalue weighted by Gasteiger charge is 2.17. The number of benzene rings is 2. The fourth-order valence-electron chi connectivity index (χ4n) is 2.57. The number of fused-ring (bicyclic) bond motifs is 1. The van der Waals surface area contributed by atoms with E-state index in [1.807, 2.05) is 13.0 Å². The zero-order valence-electron chi connectivity index (χ0n) is 13.4. The van der Waals surface area contributed by atoms with Crippen molar-refractivity contribution in [3.05, 3.63) is 74.0 Å². The van der Waals surface area contributed by atoms with Crippen LogP contribution in [0.3, 0.4) is 0 Å². The average Bonchev–Trinajstić information content (AvgIpc) is 2.60. The van der Waals surface area contributed by atoms with E-state index in [9.17, 15) is 9.59 Å². The molecular formula is C18H15Cl2N3O2. The molecule has 1 amide bonds. The van der Waals surface area contributed by atoms with E-state index in [0.717, 1.165) is 5.56 Å². The summed E-state index contributed by atoms with van der Waals surface area (Å²) >= 11 is 11.9. The Kier molecular flexibility index (Phi) is 5.06. The first-order chi connectivity index (χ1) is 12.0. The van der Waals surface area contributed by atoms with Crippen molar-refractivity contribution in [3.63, 3.8) is 0 Å². The number of carbonyl (C=O) groups is 1. The molecule has 7 heteroatoms. The van der Waals surface area contributed by atoms with Crippen LogP contribution in [0.25, 0.3) is 10.9 Å². The van der Waals surface area contributed by atoms with Crippen molar-refractivity contribution in [2.75, 3.05) is 0 Å². The van der Waals surface area contributed by atoms with Gasteiger partial charge in [0.25, 0.3) is 5.91 Å². The summed E-state index contributed by atoms with van der Waals surface area (Å²) in [4.78, 5) is 25.1. The number of nitrogens with zero attached hydrogens (tertiary/aromatic N) is 2. The quantitative estimate of drug-likeness (QED) is 0.756. The molecule has 3 aromatic rings. The number of nitrogens with one attached hydrogen (secondary N) is 1. The summed E-state index contributed by atoms with van der Waals surface area (Å²) < 4.78 is 1.61. The molecule has 25 heavy (non-hydrogen) atoms. The number of aryl methyl sites for hydroxylation is 1. The number of hydrogen-bond donors (Lipinski definition) is 1. The maximum atomic E-state index is 12.6. The number of halogens is 2. The van der Waals surface area contributed by atoms with Gasteiger partial charge in [0.05, 0.1) is 10.9 Å². The van der Waals surface area contributed by atoms with Gasteiger partial charge in [-0.3, -0.25) is 14.3 Å².